The van der Waals surface area contributed by atoms with Crippen LogP contribution in [0.3, 0.4) is 0 Å². The summed E-state index contributed by atoms with van der Waals surface area (Å²) in [7, 11) is 0. The van der Waals surface area contributed by atoms with Crippen molar-refractivity contribution in [2.75, 3.05) is 0 Å². The first-order valence-electron chi connectivity index (χ1n) is 6.10. The smallest absolute Gasteiger partial charge is 0.419 e. The molecule has 4 heteroatoms. The Kier molecular flexibility index (Phi) is 5.05. The molecule has 1 nitrogen and oxygen atoms in total. The molecule has 0 bridgehead atoms. The van der Waals surface area contributed by atoms with Gasteiger partial charge in [-0.25, -0.2) is 0 Å². The predicted octanol–water partition coefficient (Wildman–Crippen LogP) is 4.77. The Morgan fingerprint density at radius 1 is 1.22 bits per heavy atom. The molecule has 0 aromatic heterocycles. The molecule has 0 radical (unpaired) electrons. The van der Waals surface area contributed by atoms with Crippen molar-refractivity contribution < 1.29 is 17.9 Å². The molecular weight excluding hydrogens is 241 g/mol. The van der Waals surface area contributed by atoms with Crippen molar-refractivity contribution in [2.24, 2.45) is 5.92 Å². The Morgan fingerprint density at radius 2 is 1.78 bits per heavy atom. The van der Waals surface area contributed by atoms with Gasteiger partial charge in [-0.05, 0) is 37.7 Å². The third-order valence-electron chi connectivity index (χ3n) is 3.17. The zero-order chi connectivity index (χ0) is 13.8. The number of rotatable bonds is 4. The largest absolute Gasteiger partial charge is 0.490 e. The third-order valence-corrected chi connectivity index (χ3v) is 3.17. The van der Waals surface area contributed by atoms with Gasteiger partial charge >= 0.3 is 6.18 Å². The zero-order valence-corrected chi connectivity index (χ0v) is 10.6. The highest BCUT2D eigenvalue weighted by atomic mass is 19.4. The average Bonchev–Trinajstić information content (AvgIpc) is 2.29. The van der Waals surface area contributed by atoms with E-state index in [1.54, 1.807) is 0 Å². The number of hydrogen-bond donors (Lipinski definition) is 0. The van der Waals surface area contributed by atoms with Crippen LogP contribution in [-0.4, -0.2) is 12.3 Å². The molecule has 0 N–H and O–H groups in total. The summed E-state index contributed by atoms with van der Waals surface area (Å²) in [6.45, 7) is 8.61. The van der Waals surface area contributed by atoms with Crippen molar-refractivity contribution >= 4 is 0 Å². The van der Waals surface area contributed by atoms with Gasteiger partial charge in [0.05, 0.1) is 11.7 Å². The molecule has 0 aromatic rings. The van der Waals surface area contributed by atoms with Gasteiger partial charge in [0.15, 0.2) is 0 Å². The normalized spacial score (nSPS) is 25.7. The Bertz CT molecular complexity index is 333. The minimum absolute atomic E-state index is 0.147. The van der Waals surface area contributed by atoms with Crippen molar-refractivity contribution in [3.8, 4) is 0 Å². The second-order valence-corrected chi connectivity index (χ2v) is 4.74. The van der Waals surface area contributed by atoms with Crippen LogP contribution in [0.25, 0.3) is 0 Å². The third kappa shape index (κ3) is 4.24. The molecule has 0 saturated heterocycles. The summed E-state index contributed by atoms with van der Waals surface area (Å²) >= 11 is 0. The van der Waals surface area contributed by atoms with Gasteiger partial charge in [-0.1, -0.05) is 26.2 Å². The predicted molar refractivity (Wildman–Crippen MR) is 66.0 cm³/mol. The number of alkyl halides is 3. The van der Waals surface area contributed by atoms with E-state index in [2.05, 4.69) is 20.1 Å². The van der Waals surface area contributed by atoms with E-state index in [-0.39, 0.29) is 11.9 Å². The molecule has 0 amide bonds. The van der Waals surface area contributed by atoms with Gasteiger partial charge in [0.2, 0.25) is 0 Å². The van der Waals surface area contributed by atoms with Gasteiger partial charge < -0.3 is 4.74 Å². The quantitative estimate of drug-likeness (QED) is 0.522. The zero-order valence-electron chi connectivity index (χ0n) is 10.6. The Hall–Kier alpha value is -1.19. The minimum Gasteiger partial charge on any atom is -0.490 e. The summed E-state index contributed by atoms with van der Waals surface area (Å²) in [5.74, 6) is 0.416. The first-order chi connectivity index (χ1) is 8.34. The van der Waals surface area contributed by atoms with Crippen LogP contribution in [0.4, 0.5) is 13.2 Å². The van der Waals surface area contributed by atoms with Crippen molar-refractivity contribution in [3.63, 3.8) is 0 Å². The topological polar surface area (TPSA) is 9.23 Å². The van der Waals surface area contributed by atoms with Crippen LogP contribution >= 0.6 is 0 Å². The lowest BCUT2D eigenvalue weighted by Crippen LogP contribution is -2.23. The van der Waals surface area contributed by atoms with E-state index in [1.165, 1.54) is 12.2 Å². The van der Waals surface area contributed by atoms with E-state index >= 15 is 0 Å². The minimum atomic E-state index is -4.46. The van der Waals surface area contributed by atoms with Crippen molar-refractivity contribution in [3.05, 3.63) is 36.6 Å². The molecule has 1 fully saturated rings. The Balaban J connectivity index is 2.67. The van der Waals surface area contributed by atoms with E-state index < -0.39 is 11.7 Å². The summed E-state index contributed by atoms with van der Waals surface area (Å²) in [4.78, 5) is 0. The van der Waals surface area contributed by atoms with E-state index in [0.29, 0.717) is 5.92 Å². The number of halogens is 3. The molecule has 18 heavy (non-hydrogen) atoms. The van der Waals surface area contributed by atoms with Crippen LogP contribution in [-0.2, 0) is 4.74 Å². The molecule has 0 heterocycles. The van der Waals surface area contributed by atoms with Gasteiger partial charge in [0.25, 0.3) is 0 Å². The number of allylic oxidation sites excluding steroid dienone is 3. The van der Waals surface area contributed by atoms with E-state index in [4.69, 9.17) is 4.74 Å². The molecule has 0 unspecified atom stereocenters. The highest BCUT2D eigenvalue weighted by molar-refractivity contribution is 5.30. The highest BCUT2D eigenvalue weighted by Crippen LogP contribution is 2.34. The van der Waals surface area contributed by atoms with Crippen LogP contribution in [0, 0.1) is 5.92 Å². The Morgan fingerprint density at radius 3 is 2.22 bits per heavy atom. The lowest BCUT2D eigenvalue weighted by molar-refractivity contribution is -0.0957. The molecule has 1 aliphatic rings. The first-order valence-corrected chi connectivity index (χ1v) is 6.10. The maximum atomic E-state index is 12.6. The second kappa shape index (κ2) is 6.12. The second-order valence-electron chi connectivity index (χ2n) is 4.74. The molecule has 0 aliphatic heterocycles. The molecule has 0 spiro atoms. The van der Waals surface area contributed by atoms with Crippen molar-refractivity contribution in [2.45, 2.75) is 44.9 Å². The summed E-state index contributed by atoms with van der Waals surface area (Å²) in [5.41, 5.74) is -0.943. The van der Waals surface area contributed by atoms with Gasteiger partial charge in [0, 0.05) is 0 Å². The number of hydrogen-bond acceptors (Lipinski definition) is 1. The molecule has 0 atom stereocenters. The van der Waals surface area contributed by atoms with Crippen molar-refractivity contribution in [1.82, 2.24) is 0 Å². The van der Waals surface area contributed by atoms with Crippen LogP contribution in [0.5, 0.6) is 0 Å². The monoisotopic (exact) mass is 260 g/mol. The number of ether oxygens (including phenoxy) is 1. The van der Waals surface area contributed by atoms with Crippen LogP contribution in [0.15, 0.2) is 36.6 Å². The first kappa shape index (κ1) is 14.9. The van der Waals surface area contributed by atoms with Crippen LogP contribution in [0.2, 0.25) is 0 Å². The summed E-state index contributed by atoms with van der Waals surface area (Å²) < 4.78 is 43.2. The van der Waals surface area contributed by atoms with Gasteiger partial charge in [-0.2, -0.15) is 13.2 Å². The lowest BCUT2D eigenvalue weighted by Gasteiger charge is -2.28. The maximum absolute atomic E-state index is 12.6. The fourth-order valence-corrected chi connectivity index (χ4v) is 1.98. The fourth-order valence-electron chi connectivity index (χ4n) is 1.98. The molecule has 1 saturated carbocycles. The summed E-state index contributed by atoms with van der Waals surface area (Å²) in [5, 5.41) is 0. The summed E-state index contributed by atoms with van der Waals surface area (Å²) in [6, 6.07) is 0. The standard InChI is InChI=1S/C14H19F3O/c1-4-5-13(11(3)14(15,16)17)18-12-8-6-10(2)7-9-12/h4-5,10,12H,1,3,6-9H2,2H3. The fraction of sp³-hybridized carbons (Fsp3) is 0.571. The van der Waals surface area contributed by atoms with Crippen molar-refractivity contribution in [1.29, 1.82) is 0 Å². The van der Waals surface area contributed by atoms with E-state index in [0.717, 1.165) is 25.7 Å². The highest BCUT2D eigenvalue weighted by Gasteiger charge is 2.36. The van der Waals surface area contributed by atoms with Crippen LogP contribution < -0.4 is 0 Å². The molecule has 102 valence electrons. The molecule has 1 aliphatic carbocycles. The van der Waals surface area contributed by atoms with Crippen LogP contribution in [0.1, 0.15) is 32.6 Å². The average molecular weight is 260 g/mol. The van der Waals surface area contributed by atoms with E-state index in [1.807, 2.05) is 0 Å². The van der Waals surface area contributed by atoms with Gasteiger partial charge in [-0.15, -0.1) is 0 Å². The summed E-state index contributed by atoms with van der Waals surface area (Å²) in [6.07, 6.45) is 1.48. The van der Waals surface area contributed by atoms with E-state index in [9.17, 15) is 13.2 Å². The van der Waals surface area contributed by atoms with Gasteiger partial charge in [0.1, 0.15) is 5.76 Å². The molecular formula is C14H19F3O. The van der Waals surface area contributed by atoms with Gasteiger partial charge in [-0.3, -0.25) is 0 Å². The Labute approximate surface area is 106 Å². The molecule has 0 aromatic carbocycles. The maximum Gasteiger partial charge on any atom is 0.419 e. The molecule has 1 rings (SSSR count). The lowest BCUT2D eigenvalue weighted by atomic mass is 9.89. The SMILES string of the molecule is C=CC=C(OC1CCC(C)CC1)C(=C)C(F)(F)F.